The van der Waals surface area contributed by atoms with Crippen molar-refractivity contribution in [3.63, 3.8) is 0 Å². The fourth-order valence-corrected chi connectivity index (χ4v) is 3.66. The van der Waals surface area contributed by atoms with E-state index in [1.54, 1.807) is 13.0 Å². The number of fused-ring (bicyclic) bond motifs is 1. The van der Waals surface area contributed by atoms with Crippen molar-refractivity contribution in [3.05, 3.63) is 23.5 Å². The van der Waals surface area contributed by atoms with Gasteiger partial charge in [-0.1, -0.05) is 11.3 Å². The Bertz CT molecular complexity index is 691. The van der Waals surface area contributed by atoms with Gasteiger partial charge in [-0.15, -0.1) is 12.4 Å². The van der Waals surface area contributed by atoms with Crippen LogP contribution < -0.4 is 10.6 Å². The number of aromatic nitrogens is 1. The number of halogens is 2. The quantitative estimate of drug-likeness (QED) is 0.877. The maximum atomic E-state index is 13.5. The Balaban J connectivity index is 0.00000176. The van der Waals surface area contributed by atoms with Crippen molar-refractivity contribution >= 4 is 45.0 Å². The topological polar surface area (TPSA) is 54.0 Å². The van der Waals surface area contributed by atoms with Gasteiger partial charge in [0, 0.05) is 17.5 Å². The number of nitrogens with zero attached hydrogens (tertiary/aromatic N) is 1. The summed E-state index contributed by atoms with van der Waals surface area (Å²) in [5.41, 5.74) is 1.16. The second kappa shape index (κ2) is 6.89. The zero-order chi connectivity index (χ0) is 15.0. The van der Waals surface area contributed by atoms with Crippen molar-refractivity contribution in [3.8, 4) is 0 Å². The summed E-state index contributed by atoms with van der Waals surface area (Å²) in [6.45, 7) is 4.66. The number of amides is 1. The largest absolute Gasteiger partial charge is 0.314 e. The number of carbonyl (C=O) groups is 1. The third-order valence-electron chi connectivity index (χ3n) is 3.97. The summed E-state index contributed by atoms with van der Waals surface area (Å²) < 4.78 is 14.4. The molecule has 2 N–H and O–H groups in total. The summed E-state index contributed by atoms with van der Waals surface area (Å²) >= 11 is 1.39. The number of anilines is 1. The molecule has 1 amide bonds. The highest BCUT2D eigenvalue weighted by atomic mass is 35.5. The molecular weight excluding hydrogens is 325 g/mol. The lowest BCUT2D eigenvalue weighted by Gasteiger charge is -2.26. The maximum absolute atomic E-state index is 13.5. The summed E-state index contributed by atoms with van der Waals surface area (Å²) in [6.07, 6.45) is 1.68. The van der Waals surface area contributed by atoms with Crippen LogP contribution in [0.15, 0.2) is 12.1 Å². The molecule has 0 unspecified atom stereocenters. The van der Waals surface area contributed by atoms with Gasteiger partial charge in [-0.05, 0) is 45.4 Å². The lowest BCUT2D eigenvalue weighted by atomic mass is 9.93. The second-order valence-electron chi connectivity index (χ2n) is 5.60. The minimum atomic E-state index is -0.266. The third-order valence-corrected chi connectivity index (χ3v) is 4.91. The number of nitrogens with one attached hydrogen (secondary N) is 2. The average Bonchev–Trinajstić information content (AvgIpc) is 2.86. The molecule has 0 aliphatic carbocycles. The molecule has 2 atom stereocenters. The molecule has 7 heteroatoms. The first-order valence-corrected chi connectivity index (χ1v) is 7.96. The number of hydrogen-bond acceptors (Lipinski definition) is 4. The predicted octanol–water partition coefficient (Wildman–Crippen LogP) is 3.49. The van der Waals surface area contributed by atoms with E-state index in [0.717, 1.165) is 24.1 Å². The van der Waals surface area contributed by atoms with Gasteiger partial charge in [0.25, 0.3) is 0 Å². The molecule has 1 aromatic carbocycles. The van der Waals surface area contributed by atoms with Crippen molar-refractivity contribution in [2.75, 3.05) is 11.9 Å². The van der Waals surface area contributed by atoms with Crippen molar-refractivity contribution in [1.82, 2.24) is 10.3 Å². The highest BCUT2D eigenvalue weighted by molar-refractivity contribution is 7.22. The Kier molecular flexibility index (Phi) is 5.36. The van der Waals surface area contributed by atoms with E-state index in [1.807, 2.05) is 0 Å². The van der Waals surface area contributed by atoms with Gasteiger partial charge in [0.1, 0.15) is 5.82 Å². The molecule has 0 spiro atoms. The molecule has 1 aliphatic heterocycles. The zero-order valence-electron chi connectivity index (χ0n) is 12.5. The smallest absolute Gasteiger partial charge is 0.229 e. The van der Waals surface area contributed by atoms with E-state index in [0.29, 0.717) is 22.3 Å². The number of aryl methyl sites for hydroxylation is 1. The van der Waals surface area contributed by atoms with Crippen LogP contribution in [0.3, 0.4) is 0 Å². The van der Waals surface area contributed by atoms with Gasteiger partial charge in [-0.2, -0.15) is 0 Å². The number of rotatable bonds is 2. The summed E-state index contributed by atoms with van der Waals surface area (Å²) in [6, 6.07) is 3.51. The Morgan fingerprint density at radius 2 is 2.27 bits per heavy atom. The molecule has 1 aliphatic rings. The summed E-state index contributed by atoms with van der Waals surface area (Å²) in [4.78, 5) is 16.7. The average molecular weight is 344 g/mol. The van der Waals surface area contributed by atoms with Crippen molar-refractivity contribution in [2.24, 2.45) is 5.92 Å². The third kappa shape index (κ3) is 3.39. The summed E-state index contributed by atoms with van der Waals surface area (Å²) in [7, 11) is 0. The van der Waals surface area contributed by atoms with Crippen molar-refractivity contribution in [2.45, 2.75) is 32.7 Å². The Morgan fingerprint density at radius 1 is 1.50 bits per heavy atom. The van der Waals surface area contributed by atoms with Crippen LogP contribution in [-0.4, -0.2) is 23.5 Å². The first-order valence-electron chi connectivity index (χ1n) is 7.14. The van der Waals surface area contributed by atoms with Crippen LogP contribution in [0.5, 0.6) is 0 Å². The van der Waals surface area contributed by atoms with Gasteiger partial charge in [0.15, 0.2) is 5.13 Å². The van der Waals surface area contributed by atoms with E-state index >= 15 is 0 Å². The van der Waals surface area contributed by atoms with Gasteiger partial charge in [0.05, 0.1) is 10.2 Å². The monoisotopic (exact) mass is 343 g/mol. The van der Waals surface area contributed by atoms with Crippen molar-refractivity contribution < 1.29 is 9.18 Å². The van der Waals surface area contributed by atoms with Gasteiger partial charge >= 0.3 is 0 Å². The fourth-order valence-electron chi connectivity index (χ4n) is 2.73. The number of carbonyl (C=O) groups excluding carboxylic acids is 1. The van der Waals surface area contributed by atoms with E-state index in [9.17, 15) is 9.18 Å². The minimum absolute atomic E-state index is 0. The molecule has 2 heterocycles. The highest BCUT2D eigenvalue weighted by Gasteiger charge is 2.25. The molecule has 0 radical (unpaired) electrons. The number of thiazole rings is 1. The number of hydrogen-bond donors (Lipinski definition) is 2. The van der Waals surface area contributed by atoms with E-state index in [-0.39, 0.29) is 30.0 Å². The first kappa shape index (κ1) is 17.1. The molecular formula is C15H19ClFN3OS. The van der Waals surface area contributed by atoms with Crippen LogP contribution in [0.25, 0.3) is 10.2 Å². The minimum Gasteiger partial charge on any atom is -0.314 e. The lowest BCUT2D eigenvalue weighted by molar-refractivity contribution is -0.120. The first-order chi connectivity index (χ1) is 10.0. The van der Waals surface area contributed by atoms with Gasteiger partial charge in [-0.25, -0.2) is 9.37 Å². The van der Waals surface area contributed by atoms with Crippen LogP contribution in [0, 0.1) is 18.7 Å². The molecule has 22 heavy (non-hydrogen) atoms. The zero-order valence-corrected chi connectivity index (χ0v) is 14.1. The van der Waals surface area contributed by atoms with Crippen LogP contribution >= 0.6 is 23.7 Å². The predicted molar refractivity (Wildman–Crippen MR) is 90.4 cm³/mol. The van der Waals surface area contributed by atoms with E-state index in [2.05, 4.69) is 22.5 Å². The van der Waals surface area contributed by atoms with Crippen LogP contribution in [0.2, 0.25) is 0 Å². The summed E-state index contributed by atoms with van der Waals surface area (Å²) in [5.74, 6) is -0.232. The van der Waals surface area contributed by atoms with Crippen LogP contribution in [0.4, 0.5) is 9.52 Å². The lowest BCUT2D eigenvalue weighted by Crippen LogP contribution is -2.40. The molecule has 1 saturated heterocycles. The second-order valence-corrected chi connectivity index (χ2v) is 6.63. The molecule has 0 saturated carbocycles. The van der Waals surface area contributed by atoms with Gasteiger partial charge in [0.2, 0.25) is 5.91 Å². The molecule has 1 fully saturated rings. The molecule has 1 aromatic heterocycles. The van der Waals surface area contributed by atoms with Crippen LogP contribution in [-0.2, 0) is 4.79 Å². The fraction of sp³-hybridized carbons (Fsp3) is 0.467. The Hall–Kier alpha value is -1.24. The molecule has 4 nitrogen and oxygen atoms in total. The van der Waals surface area contributed by atoms with Gasteiger partial charge in [-0.3, -0.25) is 4.79 Å². The number of benzene rings is 1. The molecule has 3 rings (SSSR count). The van der Waals surface area contributed by atoms with E-state index in [1.165, 1.54) is 17.4 Å². The summed E-state index contributed by atoms with van der Waals surface area (Å²) in [5, 5.41) is 6.77. The standard InChI is InChI=1S/C15H18FN3OS.ClH/c1-8-7-10(5-6-17-8)14(20)19-15-18-13-9(2)11(16)3-4-12(13)21-15;/h3-4,8,10,17H,5-7H2,1-2H3,(H,18,19,20);1H/t8-,10-;/m0./s1. The van der Waals surface area contributed by atoms with E-state index < -0.39 is 0 Å². The molecule has 120 valence electrons. The normalized spacial score (nSPS) is 21.4. The van der Waals surface area contributed by atoms with E-state index in [4.69, 9.17) is 0 Å². The number of piperidine rings is 1. The van der Waals surface area contributed by atoms with Gasteiger partial charge < -0.3 is 10.6 Å². The SMILES string of the molecule is Cc1c(F)ccc2sc(NC(=O)[C@H]3CCN[C@@H](C)C3)nc12.Cl. The Morgan fingerprint density at radius 3 is 3.00 bits per heavy atom. The maximum Gasteiger partial charge on any atom is 0.229 e. The van der Waals surface area contributed by atoms with Crippen molar-refractivity contribution in [1.29, 1.82) is 0 Å². The molecule has 0 bridgehead atoms. The highest BCUT2D eigenvalue weighted by Crippen LogP contribution is 2.30. The Labute approximate surface area is 138 Å². The molecule has 2 aromatic rings. The van der Waals surface area contributed by atoms with Crippen LogP contribution in [0.1, 0.15) is 25.3 Å².